The van der Waals surface area contributed by atoms with Crippen molar-refractivity contribution in [3.8, 4) is 0 Å². The summed E-state index contributed by atoms with van der Waals surface area (Å²) in [4.78, 5) is 0. The number of halogens is 2. The fraction of sp³-hybridized carbons (Fsp3) is 0.647. The predicted octanol–water partition coefficient (Wildman–Crippen LogP) is 4.93. The van der Waals surface area contributed by atoms with E-state index in [9.17, 15) is 4.39 Å². The van der Waals surface area contributed by atoms with Gasteiger partial charge >= 0.3 is 0 Å². The minimum absolute atomic E-state index is 0.0132. The van der Waals surface area contributed by atoms with Crippen LogP contribution >= 0.6 is 11.6 Å². The molecule has 0 saturated heterocycles. The zero-order chi connectivity index (χ0) is 15.3. The fourth-order valence-electron chi connectivity index (χ4n) is 2.22. The molecule has 0 spiro atoms. The monoisotopic (exact) mass is 299 g/mol. The van der Waals surface area contributed by atoms with Gasteiger partial charge in [0.15, 0.2) is 0 Å². The average molecular weight is 300 g/mol. The third-order valence-corrected chi connectivity index (χ3v) is 4.47. The van der Waals surface area contributed by atoms with E-state index in [-0.39, 0.29) is 11.2 Å². The smallest absolute Gasteiger partial charge is 0.127 e. The van der Waals surface area contributed by atoms with Crippen LogP contribution in [0.25, 0.3) is 0 Å². The van der Waals surface area contributed by atoms with Gasteiger partial charge < -0.3 is 5.32 Å². The molecule has 20 heavy (non-hydrogen) atoms. The summed E-state index contributed by atoms with van der Waals surface area (Å²) >= 11 is 6.16. The molecule has 1 N–H and O–H groups in total. The summed E-state index contributed by atoms with van der Waals surface area (Å²) in [5, 5.41) is 4.03. The first-order valence-electron chi connectivity index (χ1n) is 7.40. The van der Waals surface area contributed by atoms with Gasteiger partial charge in [-0.05, 0) is 42.3 Å². The van der Waals surface area contributed by atoms with E-state index in [4.69, 9.17) is 11.6 Å². The molecule has 1 aromatic carbocycles. The van der Waals surface area contributed by atoms with Crippen LogP contribution in [0.2, 0.25) is 5.02 Å². The van der Waals surface area contributed by atoms with Crippen molar-refractivity contribution in [1.82, 2.24) is 5.32 Å². The molecule has 0 aliphatic heterocycles. The lowest BCUT2D eigenvalue weighted by Crippen LogP contribution is -2.39. The summed E-state index contributed by atoms with van der Waals surface area (Å²) in [6, 6.07) is 4.91. The van der Waals surface area contributed by atoms with E-state index in [0.29, 0.717) is 28.8 Å². The normalized spacial score (nSPS) is 14.8. The zero-order valence-corrected chi connectivity index (χ0v) is 14.0. The zero-order valence-electron chi connectivity index (χ0n) is 13.3. The molecular formula is C17H27ClFN. The fourth-order valence-corrected chi connectivity index (χ4v) is 2.45. The molecule has 0 bridgehead atoms. The van der Waals surface area contributed by atoms with E-state index in [1.54, 1.807) is 12.1 Å². The van der Waals surface area contributed by atoms with Gasteiger partial charge in [-0.2, -0.15) is 0 Å². The van der Waals surface area contributed by atoms with Crippen molar-refractivity contribution in [3.05, 3.63) is 34.6 Å². The molecule has 1 atom stereocenters. The van der Waals surface area contributed by atoms with E-state index in [0.717, 1.165) is 13.1 Å². The Kier molecular flexibility index (Phi) is 6.47. The van der Waals surface area contributed by atoms with Crippen LogP contribution in [0.1, 0.15) is 40.2 Å². The van der Waals surface area contributed by atoms with Crippen LogP contribution in [0.15, 0.2) is 18.2 Å². The van der Waals surface area contributed by atoms with E-state index in [2.05, 4.69) is 39.9 Å². The third kappa shape index (κ3) is 4.75. The summed E-state index contributed by atoms with van der Waals surface area (Å²) in [6.45, 7) is 12.8. The van der Waals surface area contributed by atoms with E-state index < -0.39 is 0 Å². The molecule has 1 aromatic rings. The summed E-state index contributed by atoms with van der Waals surface area (Å²) in [6.07, 6.45) is 0.654. The molecule has 114 valence electrons. The molecule has 0 saturated carbocycles. The average Bonchev–Trinajstić information content (AvgIpc) is 2.33. The van der Waals surface area contributed by atoms with Gasteiger partial charge in [0.05, 0.1) is 0 Å². The van der Waals surface area contributed by atoms with Gasteiger partial charge in [-0.15, -0.1) is 0 Å². The van der Waals surface area contributed by atoms with Crippen LogP contribution in [0.4, 0.5) is 4.39 Å². The SMILES string of the molecule is CC(C)CNCC(C)(Cc1c(F)cccc1Cl)C(C)C. The Bertz CT molecular complexity index is 411. The van der Waals surface area contributed by atoms with Crippen LogP contribution in [-0.2, 0) is 6.42 Å². The Morgan fingerprint density at radius 2 is 1.90 bits per heavy atom. The van der Waals surface area contributed by atoms with Gasteiger partial charge in [0.25, 0.3) is 0 Å². The second kappa shape index (κ2) is 7.42. The van der Waals surface area contributed by atoms with Crippen molar-refractivity contribution in [1.29, 1.82) is 0 Å². The molecule has 1 rings (SSSR count). The second-order valence-electron chi connectivity index (χ2n) is 6.71. The van der Waals surface area contributed by atoms with E-state index in [1.165, 1.54) is 6.07 Å². The van der Waals surface area contributed by atoms with Crippen molar-refractivity contribution >= 4 is 11.6 Å². The van der Waals surface area contributed by atoms with Gasteiger partial charge in [0.2, 0.25) is 0 Å². The minimum Gasteiger partial charge on any atom is -0.316 e. The quantitative estimate of drug-likeness (QED) is 0.753. The standard InChI is InChI=1S/C17H27ClFN/c1-12(2)10-20-11-17(5,13(3)4)9-14-15(18)7-6-8-16(14)19/h6-8,12-13,20H,9-11H2,1-5H3. The molecule has 0 fully saturated rings. The number of nitrogens with one attached hydrogen (secondary N) is 1. The molecule has 0 amide bonds. The molecule has 0 radical (unpaired) electrons. The maximum Gasteiger partial charge on any atom is 0.127 e. The molecule has 0 heterocycles. The Morgan fingerprint density at radius 3 is 2.40 bits per heavy atom. The van der Waals surface area contributed by atoms with Crippen molar-refractivity contribution in [2.24, 2.45) is 17.3 Å². The molecule has 1 unspecified atom stereocenters. The summed E-state index contributed by atoms with van der Waals surface area (Å²) in [5.41, 5.74) is 0.623. The van der Waals surface area contributed by atoms with Gasteiger partial charge in [-0.3, -0.25) is 0 Å². The number of hydrogen-bond acceptors (Lipinski definition) is 1. The van der Waals surface area contributed by atoms with Crippen LogP contribution < -0.4 is 5.32 Å². The molecule has 0 aliphatic carbocycles. The van der Waals surface area contributed by atoms with Gasteiger partial charge in [-0.25, -0.2) is 4.39 Å². The van der Waals surface area contributed by atoms with Crippen LogP contribution in [0.5, 0.6) is 0 Å². The van der Waals surface area contributed by atoms with E-state index in [1.807, 2.05) is 0 Å². The van der Waals surface area contributed by atoms with E-state index >= 15 is 0 Å². The summed E-state index contributed by atoms with van der Waals surface area (Å²) < 4.78 is 14.0. The second-order valence-corrected chi connectivity index (χ2v) is 7.12. The first-order valence-corrected chi connectivity index (χ1v) is 7.77. The van der Waals surface area contributed by atoms with Crippen LogP contribution in [0, 0.1) is 23.1 Å². The largest absolute Gasteiger partial charge is 0.316 e. The number of rotatable bonds is 7. The van der Waals surface area contributed by atoms with Gasteiger partial charge in [0.1, 0.15) is 5.82 Å². The summed E-state index contributed by atoms with van der Waals surface area (Å²) in [5.74, 6) is 0.856. The Labute approximate surface area is 127 Å². The maximum absolute atomic E-state index is 14.0. The highest BCUT2D eigenvalue weighted by Crippen LogP contribution is 2.34. The first kappa shape index (κ1) is 17.5. The Morgan fingerprint density at radius 1 is 1.25 bits per heavy atom. The highest BCUT2D eigenvalue weighted by molar-refractivity contribution is 6.31. The molecule has 3 heteroatoms. The number of hydrogen-bond donors (Lipinski definition) is 1. The van der Waals surface area contributed by atoms with Gasteiger partial charge in [0, 0.05) is 17.1 Å². The van der Waals surface area contributed by atoms with Crippen LogP contribution in [-0.4, -0.2) is 13.1 Å². The summed E-state index contributed by atoms with van der Waals surface area (Å²) in [7, 11) is 0. The van der Waals surface area contributed by atoms with Crippen molar-refractivity contribution in [3.63, 3.8) is 0 Å². The minimum atomic E-state index is -0.201. The van der Waals surface area contributed by atoms with Crippen molar-refractivity contribution in [2.45, 2.75) is 41.0 Å². The Balaban J connectivity index is 2.86. The predicted molar refractivity (Wildman–Crippen MR) is 85.8 cm³/mol. The van der Waals surface area contributed by atoms with Crippen LogP contribution in [0.3, 0.4) is 0 Å². The molecule has 1 nitrogen and oxygen atoms in total. The lowest BCUT2D eigenvalue weighted by atomic mass is 9.74. The lowest BCUT2D eigenvalue weighted by molar-refractivity contribution is 0.203. The highest BCUT2D eigenvalue weighted by Gasteiger charge is 2.30. The molecular weight excluding hydrogens is 273 g/mol. The van der Waals surface area contributed by atoms with Gasteiger partial charge in [-0.1, -0.05) is 52.3 Å². The third-order valence-electron chi connectivity index (χ3n) is 4.12. The first-order chi connectivity index (χ1) is 9.26. The topological polar surface area (TPSA) is 12.0 Å². The van der Waals surface area contributed by atoms with Crippen molar-refractivity contribution < 1.29 is 4.39 Å². The molecule has 0 aliphatic rings. The number of benzene rings is 1. The Hall–Kier alpha value is -0.600. The maximum atomic E-state index is 14.0. The van der Waals surface area contributed by atoms with Crippen molar-refractivity contribution in [2.75, 3.05) is 13.1 Å². The lowest BCUT2D eigenvalue weighted by Gasteiger charge is -2.35. The molecule has 0 aromatic heterocycles. The highest BCUT2D eigenvalue weighted by atomic mass is 35.5.